The number of nitrogens with zero attached hydrogens (tertiary/aromatic N) is 3. The summed E-state index contributed by atoms with van der Waals surface area (Å²) in [6.07, 6.45) is 0. The summed E-state index contributed by atoms with van der Waals surface area (Å²) in [7, 11) is -2.59. The number of likely N-dealkylation sites (N-methyl/N-ethyl adjacent to an activating group) is 1. The first-order valence-corrected chi connectivity index (χ1v) is 13.1. The zero-order valence-corrected chi connectivity index (χ0v) is 20.8. The maximum Gasteiger partial charge on any atom is 0.243 e. The van der Waals surface area contributed by atoms with E-state index in [9.17, 15) is 18.0 Å². The van der Waals surface area contributed by atoms with Crippen molar-refractivity contribution in [2.75, 3.05) is 24.2 Å². The van der Waals surface area contributed by atoms with Gasteiger partial charge in [-0.2, -0.15) is 4.31 Å². The van der Waals surface area contributed by atoms with Crippen LogP contribution in [0.25, 0.3) is 0 Å². The summed E-state index contributed by atoms with van der Waals surface area (Å²) in [6, 6.07) is 13.1. The highest BCUT2D eigenvalue weighted by atomic mass is 35.5. The Kier molecular flexibility index (Phi) is 8.43. The van der Waals surface area contributed by atoms with Crippen LogP contribution in [0.3, 0.4) is 0 Å². The van der Waals surface area contributed by atoms with Gasteiger partial charge in [0.2, 0.25) is 27.0 Å². The molecule has 2 amide bonds. The molecule has 0 aliphatic heterocycles. The van der Waals surface area contributed by atoms with Gasteiger partial charge in [0.25, 0.3) is 0 Å². The summed E-state index contributed by atoms with van der Waals surface area (Å²) in [5.74, 6) is -0.134. The smallest absolute Gasteiger partial charge is 0.243 e. The highest BCUT2D eigenvalue weighted by Crippen LogP contribution is 2.28. The van der Waals surface area contributed by atoms with E-state index in [1.165, 1.54) is 61.3 Å². The minimum Gasteiger partial charge on any atom is -0.326 e. The average Bonchev–Trinajstić information content (AvgIpc) is 3.20. The molecular weight excluding hydrogens is 506 g/mol. The molecule has 0 spiro atoms. The monoisotopic (exact) mass is 525 g/mol. The van der Waals surface area contributed by atoms with Crippen LogP contribution >= 0.6 is 34.7 Å². The van der Waals surface area contributed by atoms with E-state index in [-0.39, 0.29) is 15.9 Å². The number of rotatable bonds is 9. The van der Waals surface area contributed by atoms with Gasteiger partial charge in [0.05, 0.1) is 11.4 Å². The second-order valence-corrected chi connectivity index (χ2v) is 11.5. The molecule has 3 aromatic rings. The molecule has 0 aliphatic carbocycles. The van der Waals surface area contributed by atoms with Crippen LogP contribution in [0.2, 0.25) is 5.02 Å². The third-order valence-electron chi connectivity index (χ3n) is 4.18. The first-order valence-electron chi connectivity index (χ1n) is 9.48. The summed E-state index contributed by atoms with van der Waals surface area (Å²) in [6.45, 7) is 0.957. The van der Waals surface area contributed by atoms with E-state index in [1.807, 2.05) is 24.3 Å². The van der Waals surface area contributed by atoms with Crippen molar-refractivity contribution in [1.82, 2.24) is 14.5 Å². The number of aromatic nitrogens is 2. The van der Waals surface area contributed by atoms with Gasteiger partial charge in [0.15, 0.2) is 4.34 Å². The van der Waals surface area contributed by atoms with Crippen LogP contribution in [-0.4, -0.2) is 48.3 Å². The molecule has 0 radical (unpaired) electrons. The molecule has 0 unspecified atom stereocenters. The maximum absolute atomic E-state index is 12.7. The third kappa shape index (κ3) is 7.24. The number of hydrogen-bond donors (Lipinski definition) is 2. The Morgan fingerprint density at radius 1 is 1.06 bits per heavy atom. The number of hydrogen-bond acceptors (Lipinski definition) is 8. The Hall–Kier alpha value is -2.51. The molecule has 0 aliphatic rings. The SMILES string of the molecule is CC(=O)Nc1ccc(S(=O)(=O)N(C)CC(=O)Nc2nnc(SCc3ccc(Cl)cc3)s2)cc1. The van der Waals surface area contributed by atoms with Crippen molar-refractivity contribution in [1.29, 1.82) is 0 Å². The molecule has 3 rings (SSSR count). The number of thioether (sulfide) groups is 1. The molecule has 9 nitrogen and oxygen atoms in total. The molecule has 2 aromatic carbocycles. The van der Waals surface area contributed by atoms with Crippen LogP contribution in [0, 0.1) is 0 Å². The van der Waals surface area contributed by atoms with Gasteiger partial charge in [0, 0.05) is 30.4 Å². The number of benzene rings is 2. The fourth-order valence-corrected chi connectivity index (χ4v) is 5.56. The lowest BCUT2D eigenvalue weighted by atomic mass is 10.2. The Labute approximate surface area is 204 Å². The molecular formula is C20H20ClN5O4S3. The second-order valence-electron chi connectivity index (χ2n) is 6.80. The molecule has 1 heterocycles. The number of carbonyl (C=O) groups is 2. The molecule has 0 saturated heterocycles. The fourth-order valence-electron chi connectivity index (χ4n) is 2.58. The van der Waals surface area contributed by atoms with Crippen LogP contribution in [0.15, 0.2) is 57.8 Å². The minimum atomic E-state index is -3.90. The van der Waals surface area contributed by atoms with Crippen molar-refractivity contribution < 1.29 is 18.0 Å². The van der Waals surface area contributed by atoms with Crippen molar-refractivity contribution in [3.8, 4) is 0 Å². The number of sulfonamides is 1. The summed E-state index contributed by atoms with van der Waals surface area (Å²) < 4.78 is 27.0. The van der Waals surface area contributed by atoms with E-state index in [1.54, 1.807) is 0 Å². The standard InChI is InChI=1S/C20H20ClN5O4S3/c1-13(27)22-16-7-9-17(10-8-16)33(29,30)26(2)11-18(28)23-19-24-25-20(32-19)31-12-14-3-5-15(21)6-4-14/h3-10H,11-12H2,1-2H3,(H,22,27)(H,23,24,28). The maximum atomic E-state index is 12.7. The Morgan fingerprint density at radius 3 is 2.36 bits per heavy atom. The third-order valence-corrected chi connectivity index (χ3v) is 8.29. The van der Waals surface area contributed by atoms with E-state index in [4.69, 9.17) is 11.6 Å². The van der Waals surface area contributed by atoms with Crippen molar-refractivity contribution in [2.24, 2.45) is 0 Å². The molecule has 174 valence electrons. The van der Waals surface area contributed by atoms with Crippen LogP contribution in [0.5, 0.6) is 0 Å². The molecule has 0 bridgehead atoms. The molecule has 13 heteroatoms. The van der Waals surface area contributed by atoms with Crippen molar-refractivity contribution in [3.63, 3.8) is 0 Å². The number of carbonyl (C=O) groups excluding carboxylic acids is 2. The number of anilines is 2. The Balaban J connectivity index is 1.54. The molecule has 0 fully saturated rings. The van der Waals surface area contributed by atoms with Gasteiger partial charge in [-0.15, -0.1) is 10.2 Å². The fraction of sp³-hybridized carbons (Fsp3) is 0.200. The second kappa shape index (κ2) is 11.1. The van der Waals surface area contributed by atoms with Crippen molar-refractivity contribution >= 4 is 67.4 Å². The quantitative estimate of drug-likeness (QED) is 0.322. The summed E-state index contributed by atoms with van der Waals surface area (Å²) in [5, 5.41) is 14.1. The lowest BCUT2D eigenvalue weighted by Gasteiger charge is -2.16. The Morgan fingerprint density at radius 2 is 1.73 bits per heavy atom. The molecule has 0 saturated carbocycles. The lowest BCUT2D eigenvalue weighted by molar-refractivity contribution is -0.116. The normalized spacial score (nSPS) is 11.4. The van der Waals surface area contributed by atoms with Gasteiger partial charge in [-0.3, -0.25) is 14.9 Å². The van der Waals surface area contributed by atoms with E-state index < -0.39 is 22.5 Å². The number of halogens is 1. The van der Waals surface area contributed by atoms with Gasteiger partial charge in [-0.05, 0) is 42.0 Å². The van der Waals surface area contributed by atoms with E-state index >= 15 is 0 Å². The minimum absolute atomic E-state index is 0.00343. The predicted octanol–water partition coefficient (Wildman–Crippen LogP) is 3.70. The molecule has 33 heavy (non-hydrogen) atoms. The van der Waals surface area contributed by atoms with Gasteiger partial charge in [-0.25, -0.2) is 8.42 Å². The number of nitrogens with one attached hydrogen (secondary N) is 2. The topological polar surface area (TPSA) is 121 Å². The molecule has 0 atom stereocenters. The van der Waals surface area contributed by atoms with Gasteiger partial charge in [0.1, 0.15) is 0 Å². The van der Waals surface area contributed by atoms with Crippen LogP contribution < -0.4 is 10.6 Å². The predicted molar refractivity (Wildman–Crippen MR) is 130 cm³/mol. The zero-order chi connectivity index (χ0) is 24.0. The van der Waals surface area contributed by atoms with Gasteiger partial charge < -0.3 is 5.32 Å². The highest BCUT2D eigenvalue weighted by Gasteiger charge is 2.23. The first-order chi connectivity index (χ1) is 15.6. The Bertz CT molecular complexity index is 1230. The van der Waals surface area contributed by atoms with Gasteiger partial charge >= 0.3 is 0 Å². The first kappa shape index (κ1) is 25.1. The molecule has 1 aromatic heterocycles. The van der Waals surface area contributed by atoms with Crippen molar-refractivity contribution in [2.45, 2.75) is 21.9 Å². The lowest BCUT2D eigenvalue weighted by Crippen LogP contribution is -2.34. The largest absolute Gasteiger partial charge is 0.326 e. The molecule has 2 N–H and O–H groups in total. The van der Waals surface area contributed by atoms with Crippen LogP contribution in [0.4, 0.5) is 10.8 Å². The van der Waals surface area contributed by atoms with Gasteiger partial charge in [-0.1, -0.05) is 46.8 Å². The van der Waals surface area contributed by atoms with Crippen LogP contribution in [0.1, 0.15) is 12.5 Å². The van der Waals surface area contributed by atoms with Crippen LogP contribution in [-0.2, 0) is 25.4 Å². The summed E-state index contributed by atoms with van der Waals surface area (Å²) >= 11 is 8.55. The average molecular weight is 526 g/mol. The van der Waals surface area contributed by atoms with E-state index in [2.05, 4.69) is 20.8 Å². The van der Waals surface area contributed by atoms with Crippen molar-refractivity contribution in [3.05, 3.63) is 59.1 Å². The zero-order valence-electron chi connectivity index (χ0n) is 17.6. The number of amides is 2. The van der Waals surface area contributed by atoms with E-state index in [0.717, 1.165) is 9.87 Å². The van der Waals surface area contributed by atoms with E-state index in [0.29, 0.717) is 20.8 Å². The summed E-state index contributed by atoms with van der Waals surface area (Å²) in [4.78, 5) is 23.4. The highest BCUT2D eigenvalue weighted by molar-refractivity contribution is 8.00. The summed E-state index contributed by atoms with van der Waals surface area (Å²) in [5.41, 5.74) is 1.55.